The molecule has 0 saturated carbocycles. The van der Waals surface area contributed by atoms with Gasteiger partial charge in [0.15, 0.2) is 5.13 Å². The summed E-state index contributed by atoms with van der Waals surface area (Å²) in [5.41, 5.74) is 1.13. The fourth-order valence-electron chi connectivity index (χ4n) is 2.49. The van der Waals surface area contributed by atoms with Crippen LogP contribution in [0.1, 0.15) is 18.1 Å². The Hall–Kier alpha value is -1.62. The summed E-state index contributed by atoms with van der Waals surface area (Å²) in [5, 5.41) is 3.86. The molecular formula is C18H19ClFNOS. The zero-order chi connectivity index (χ0) is 15.4. The normalized spacial score (nSPS) is 11.9. The lowest BCUT2D eigenvalue weighted by atomic mass is 10.1. The standard InChI is InChI=1S/C18H18FNOS.ClH/c1-20-11-10-15(13-6-3-2-4-7-13)21-16-9-5-8-14-12-17(19)22-18(14)16;/h2-9,12,15,20H,10-11H2,1H3;1H/t15-;/m1./s1. The highest BCUT2D eigenvalue weighted by atomic mass is 35.5. The number of benzene rings is 2. The van der Waals surface area contributed by atoms with Gasteiger partial charge < -0.3 is 10.1 Å². The van der Waals surface area contributed by atoms with E-state index < -0.39 is 0 Å². The van der Waals surface area contributed by atoms with Crippen LogP contribution in [0.15, 0.2) is 54.6 Å². The molecule has 0 spiro atoms. The van der Waals surface area contributed by atoms with E-state index in [-0.39, 0.29) is 23.6 Å². The van der Waals surface area contributed by atoms with E-state index in [0.717, 1.165) is 45.7 Å². The third-order valence-electron chi connectivity index (χ3n) is 3.58. The third-order valence-corrected chi connectivity index (χ3v) is 4.53. The van der Waals surface area contributed by atoms with Gasteiger partial charge in [-0.05, 0) is 36.7 Å². The van der Waals surface area contributed by atoms with Gasteiger partial charge in [0.05, 0.1) is 4.70 Å². The Balaban J connectivity index is 0.00000192. The van der Waals surface area contributed by atoms with Gasteiger partial charge in [-0.1, -0.05) is 42.5 Å². The van der Waals surface area contributed by atoms with Crippen molar-refractivity contribution in [2.45, 2.75) is 12.5 Å². The molecule has 0 aliphatic carbocycles. The summed E-state index contributed by atoms with van der Waals surface area (Å²) in [6.45, 7) is 0.855. The maximum atomic E-state index is 13.5. The lowest BCUT2D eigenvalue weighted by Gasteiger charge is -2.20. The number of ether oxygens (including phenoxy) is 1. The molecule has 2 aromatic carbocycles. The summed E-state index contributed by atoms with van der Waals surface area (Å²) in [4.78, 5) is 0. The first kappa shape index (κ1) is 17.7. The molecule has 2 nitrogen and oxygen atoms in total. The first-order chi connectivity index (χ1) is 10.8. The van der Waals surface area contributed by atoms with Crippen LogP contribution >= 0.6 is 23.7 Å². The Morgan fingerprint density at radius 3 is 2.65 bits per heavy atom. The second-order valence-electron chi connectivity index (χ2n) is 5.13. The Bertz CT molecular complexity index is 747. The molecule has 1 aromatic heterocycles. The fourth-order valence-corrected chi connectivity index (χ4v) is 3.33. The van der Waals surface area contributed by atoms with Crippen LogP contribution < -0.4 is 10.1 Å². The molecule has 3 aromatic rings. The lowest BCUT2D eigenvalue weighted by molar-refractivity contribution is 0.198. The van der Waals surface area contributed by atoms with E-state index in [0.29, 0.717) is 0 Å². The zero-order valence-corrected chi connectivity index (χ0v) is 14.4. The van der Waals surface area contributed by atoms with Crippen LogP contribution in [0.25, 0.3) is 10.1 Å². The predicted molar refractivity (Wildman–Crippen MR) is 97.4 cm³/mol. The van der Waals surface area contributed by atoms with Gasteiger partial charge >= 0.3 is 0 Å². The number of nitrogens with one attached hydrogen (secondary N) is 1. The van der Waals surface area contributed by atoms with Gasteiger partial charge in [0.25, 0.3) is 0 Å². The molecule has 0 unspecified atom stereocenters. The highest BCUT2D eigenvalue weighted by Crippen LogP contribution is 2.35. The van der Waals surface area contributed by atoms with Crippen molar-refractivity contribution >= 4 is 33.8 Å². The van der Waals surface area contributed by atoms with E-state index >= 15 is 0 Å². The molecule has 0 bridgehead atoms. The molecular weight excluding hydrogens is 333 g/mol. The second kappa shape index (κ2) is 8.29. The second-order valence-corrected chi connectivity index (χ2v) is 6.14. The molecule has 1 heterocycles. The maximum Gasteiger partial charge on any atom is 0.177 e. The highest BCUT2D eigenvalue weighted by molar-refractivity contribution is 7.17. The average molecular weight is 352 g/mol. The van der Waals surface area contributed by atoms with Gasteiger partial charge in [0.2, 0.25) is 0 Å². The Kier molecular flexibility index (Phi) is 6.39. The minimum atomic E-state index is -0.183. The largest absolute Gasteiger partial charge is 0.484 e. The zero-order valence-electron chi connectivity index (χ0n) is 12.8. The monoisotopic (exact) mass is 351 g/mol. The summed E-state index contributed by atoms with van der Waals surface area (Å²) in [6.07, 6.45) is 0.800. The van der Waals surface area contributed by atoms with Crippen LogP contribution in [-0.2, 0) is 0 Å². The van der Waals surface area contributed by atoms with Crippen molar-refractivity contribution in [1.82, 2.24) is 5.32 Å². The SMILES string of the molecule is CNCC[C@@H](Oc1cccc2cc(F)sc12)c1ccccc1.Cl. The molecule has 0 aliphatic heterocycles. The van der Waals surface area contributed by atoms with Crippen molar-refractivity contribution in [3.63, 3.8) is 0 Å². The van der Waals surface area contributed by atoms with Crippen molar-refractivity contribution in [1.29, 1.82) is 0 Å². The third kappa shape index (κ3) is 4.22. The summed E-state index contributed by atoms with van der Waals surface area (Å²) in [6, 6.07) is 17.4. The lowest BCUT2D eigenvalue weighted by Crippen LogP contribution is -2.16. The molecule has 23 heavy (non-hydrogen) atoms. The number of fused-ring (bicyclic) bond motifs is 1. The highest BCUT2D eigenvalue weighted by Gasteiger charge is 2.15. The van der Waals surface area contributed by atoms with Crippen molar-refractivity contribution in [2.24, 2.45) is 0 Å². The topological polar surface area (TPSA) is 21.3 Å². The number of rotatable bonds is 6. The van der Waals surface area contributed by atoms with Gasteiger partial charge in [-0.3, -0.25) is 0 Å². The van der Waals surface area contributed by atoms with Crippen LogP contribution in [0.4, 0.5) is 4.39 Å². The van der Waals surface area contributed by atoms with Gasteiger partial charge in [-0.25, -0.2) is 0 Å². The fraction of sp³-hybridized carbons (Fsp3) is 0.222. The maximum absolute atomic E-state index is 13.5. The van der Waals surface area contributed by atoms with Gasteiger partial charge in [0, 0.05) is 6.42 Å². The van der Waals surface area contributed by atoms with Crippen LogP contribution in [0.2, 0.25) is 0 Å². The van der Waals surface area contributed by atoms with E-state index in [1.807, 2.05) is 43.4 Å². The average Bonchev–Trinajstić information content (AvgIpc) is 2.93. The minimum Gasteiger partial charge on any atom is -0.484 e. The Morgan fingerprint density at radius 1 is 1.13 bits per heavy atom. The van der Waals surface area contributed by atoms with E-state index in [9.17, 15) is 4.39 Å². The molecule has 5 heteroatoms. The molecule has 1 atom stereocenters. The number of thiophene rings is 1. The van der Waals surface area contributed by atoms with E-state index in [1.165, 1.54) is 0 Å². The summed E-state index contributed by atoms with van der Waals surface area (Å²) >= 11 is 1.13. The molecule has 3 rings (SSSR count). The van der Waals surface area contributed by atoms with Crippen molar-refractivity contribution in [3.05, 3.63) is 65.3 Å². The Labute approximate surface area is 145 Å². The first-order valence-electron chi connectivity index (χ1n) is 7.32. The first-order valence-corrected chi connectivity index (χ1v) is 8.14. The molecule has 122 valence electrons. The number of hydrogen-bond donors (Lipinski definition) is 1. The van der Waals surface area contributed by atoms with Crippen LogP contribution in [0.3, 0.4) is 0 Å². The van der Waals surface area contributed by atoms with E-state index in [4.69, 9.17) is 4.74 Å². The van der Waals surface area contributed by atoms with Crippen molar-refractivity contribution in [2.75, 3.05) is 13.6 Å². The van der Waals surface area contributed by atoms with E-state index in [2.05, 4.69) is 17.4 Å². The van der Waals surface area contributed by atoms with Gasteiger partial charge in [-0.2, -0.15) is 4.39 Å². The van der Waals surface area contributed by atoms with Crippen LogP contribution in [0, 0.1) is 5.13 Å². The molecule has 0 fully saturated rings. The quantitative estimate of drug-likeness (QED) is 0.659. The summed E-state index contributed by atoms with van der Waals surface area (Å²) in [7, 11) is 1.93. The number of hydrogen-bond acceptors (Lipinski definition) is 3. The van der Waals surface area contributed by atoms with Crippen LogP contribution in [-0.4, -0.2) is 13.6 Å². The smallest absolute Gasteiger partial charge is 0.177 e. The van der Waals surface area contributed by atoms with E-state index in [1.54, 1.807) is 6.07 Å². The van der Waals surface area contributed by atoms with Crippen molar-refractivity contribution < 1.29 is 9.13 Å². The number of halogens is 2. The molecule has 0 radical (unpaired) electrons. The van der Waals surface area contributed by atoms with Crippen LogP contribution in [0.5, 0.6) is 5.75 Å². The minimum absolute atomic E-state index is 0. The molecule has 0 aliphatic rings. The molecule has 0 amide bonds. The van der Waals surface area contributed by atoms with Gasteiger partial charge in [0.1, 0.15) is 11.9 Å². The Morgan fingerprint density at radius 2 is 1.91 bits per heavy atom. The summed E-state index contributed by atoms with van der Waals surface area (Å²) < 4.78 is 20.6. The predicted octanol–water partition coefficient (Wildman–Crippen LogP) is 5.19. The van der Waals surface area contributed by atoms with Gasteiger partial charge in [-0.15, -0.1) is 23.7 Å². The van der Waals surface area contributed by atoms with Crippen molar-refractivity contribution in [3.8, 4) is 5.75 Å². The molecule has 1 N–H and O–H groups in total. The molecule has 0 saturated heterocycles. The summed E-state index contributed by atoms with van der Waals surface area (Å²) in [5.74, 6) is 0.747.